The van der Waals surface area contributed by atoms with E-state index in [2.05, 4.69) is 20.9 Å². The molecule has 0 saturated heterocycles. The first-order valence-corrected chi connectivity index (χ1v) is 6.64. The van der Waals surface area contributed by atoms with Crippen molar-refractivity contribution in [2.45, 2.75) is 0 Å². The van der Waals surface area contributed by atoms with E-state index < -0.39 is 16.4 Å². The Kier molecular flexibility index (Phi) is 4.54. The van der Waals surface area contributed by atoms with Crippen LogP contribution >= 0.6 is 15.9 Å². The molecule has 21 heavy (non-hydrogen) atoms. The van der Waals surface area contributed by atoms with Gasteiger partial charge in [-0.2, -0.15) is 0 Å². The smallest absolute Gasteiger partial charge is 0.263 e. The van der Waals surface area contributed by atoms with Gasteiger partial charge < -0.3 is 9.84 Å². The monoisotopic (exact) mass is 349 g/mol. The molecule has 0 spiro atoms. The van der Waals surface area contributed by atoms with Gasteiger partial charge in [0, 0.05) is 16.8 Å². The molecule has 0 aliphatic rings. The third-order valence-corrected chi connectivity index (χ3v) is 3.15. The summed E-state index contributed by atoms with van der Waals surface area (Å²) < 4.78 is 5.58. The van der Waals surface area contributed by atoms with Crippen molar-refractivity contribution >= 4 is 33.5 Å². The largest absolute Gasteiger partial charge is 0.867 e. The molecule has 0 saturated carbocycles. The summed E-state index contributed by atoms with van der Waals surface area (Å²) in [6, 6.07) is 9.66. The zero-order valence-electron chi connectivity index (χ0n) is 10.9. The summed E-state index contributed by atoms with van der Waals surface area (Å²) in [5, 5.41) is 22.8. The average Bonchev–Trinajstić information content (AvgIpc) is 2.47. The molecule has 0 aliphatic carbocycles. The maximum atomic E-state index is 12.0. The number of rotatable bonds is 4. The van der Waals surface area contributed by atoms with Crippen molar-refractivity contribution in [3.63, 3.8) is 0 Å². The second-order valence-electron chi connectivity index (χ2n) is 4.03. The molecular formula is C14H10BrN2O4-. The van der Waals surface area contributed by atoms with E-state index in [0.29, 0.717) is 15.9 Å². The Balaban J connectivity index is 2.44. The second-order valence-corrected chi connectivity index (χ2v) is 4.95. The molecule has 7 heteroatoms. The van der Waals surface area contributed by atoms with Crippen LogP contribution in [0.5, 0.6) is 11.5 Å². The minimum Gasteiger partial charge on any atom is -0.867 e. The van der Waals surface area contributed by atoms with Crippen LogP contribution in [0, 0.1) is 10.1 Å². The number of benzene rings is 2. The lowest BCUT2D eigenvalue weighted by Gasteiger charge is -2.11. The zero-order valence-corrected chi connectivity index (χ0v) is 12.5. The van der Waals surface area contributed by atoms with E-state index >= 15 is 0 Å². The molecule has 0 aromatic heterocycles. The Morgan fingerprint density at radius 2 is 2.05 bits per heavy atom. The van der Waals surface area contributed by atoms with Gasteiger partial charge in [0.25, 0.3) is 5.69 Å². The van der Waals surface area contributed by atoms with Gasteiger partial charge in [-0.1, -0.05) is 28.1 Å². The summed E-state index contributed by atoms with van der Waals surface area (Å²) in [7, 11) is 1.51. The lowest BCUT2D eigenvalue weighted by Crippen LogP contribution is -2.02. The number of hydrogen-bond acceptors (Lipinski definition) is 5. The molecule has 0 unspecified atom stereocenters. The summed E-state index contributed by atoms with van der Waals surface area (Å²) in [4.78, 5) is 14.3. The Bertz CT molecular complexity index is 716. The zero-order chi connectivity index (χ0) is 15.4. The highest BCUT2D eigenvalue weighted by molar-refractivity contribution is 9.10. The van der Waals surface area contributed by atoms with Crippen LogP contribution in [-0.4, -0.2) is 18.2 Å². The van der Waals surface area contributed by atoms with Crippen LogP contribution in [0.25, 0.3) is 0 Å². The number of methoxy groups -OCH3 is 1. The third kappa shape index (κ3) is 3.38. The van der Waals surface area contributed by atoms with Crippen LogP contribution in [0.3, 0.4) is 0 Å². The maximum absolute atomic E-state index is 12.0. The molecule has 0 N–H and O–H groups in total. The van der Waals surface area contributed by atoms with Crippen LogP contribution in [0.2, 0.25) is 0 Å². The van der Waals surface area contributed by atoms with Gasteiger partial charge in [0.1, 0.15) is 11.4 Å². The Morgan fingerprint density at radius 3 is 2.71 bits per heavy atom. The molecule has 108 valence electrons. The fourth-order valence-electron chi connectivity index (χ4n) is 1.71. The van der Waals surface area contributed by atoms with Gasteiger partial charge in [0.15, 0.2) is 0 Å². The minimum atomic E-state index is -0.715. The molecule has 0 aliphatic heterocycles. The van der Waals surface area contributed by atoms with E-state index in [4.69, 9.17) is 4.74 Å². The van der Waals surface area contributed by atoms with Crippen LogP contribution in [-0.2, 0) is 0 Å². The SMILES string of the molecule is COc1ccccc1N=Cc1cc(Br)cc([N+](=O)[O-])c1[O-]. The lowest BCUT2D eigenvalue weighted by molar-refractivity contribution is -0.398. The summed E-state index contributed by atoms with van der Waals surface area (Å²) in [5.41, 5.74) is 0.162. The van der Waals surface area contributed by atoms with Crippen molar-refractivity contribution in [2.24, 2.45) is 4.99 Å². The van der Waals surface area contributed by atoms with Gasteiger partial charge in [-0.15, -0.1) is 0 Å². The number of halogens is 1. The van der Waals surface area contributed by atoms with Crippen molar-refractivity contribution in [2.75, 3.05) is 7.11 Å². The molecular weight excluding hydrogens is 340 g/mol. The Labute approximate surface area is 129 Å². The van der Waals surface area contributed by atoms with Gasteiger partial charge in [0.05, 0.1) is 12.0 Å². The fraction of sp³-hybridized carbons (Fsp3) is 0.0714. The molecule has 0 radical (unpaired) electrons. The second kappa shape index (κ2) is 6.36. The first-order valence-electron chi connectivity index (χ1n) is 5.85. The predicted molar refractivity (Wildman–Crippen MR) is 80.5 cm³/mol. The molecule has 0 bridgehead atoms. The first-order chi connectivity index (χ1) is 10.0. The molecule has 6 nitrogen and oxygen atoms in total. The van der Waals surface area contributed by atoms with Crippen molar-refractivity contribution in [3.8, 4) is 11.5 Å². The minimum absolute atomic E-state index is 0.127. The molecule has 2 aromatic carbocycles. The van der Waals surface area contributed by atoms with Gasteiger partial charge in [-0.05, 0) is 29.5 Å². The van der Waals surface area contributed by atoms with Crippen LogP contribution in [0.15, 0.2) is 45.9 Å². The van der Waals surface area contributed by atoms with Crippen LogP contribution < -0.4 is 9.84 Å². The van der Waals surface area contributed by atoms with Gasteiger partial charge >= 0.3 is 0 Å². The number of aliphatic imine (C=N–C) groups is 1. The highest BCUT2D eigenvalue weighted by Crippen LogP contribution is 2.31. The molecule has 0 amide bonds. The molecule has 0 atom stereocenters. The summed E-state index contributed by atoms with van der Waals surface area (Å²) in [5.74, 6) is -0.132. The van der Waals surface area contributed by atoms with E-state index in [0.717, 1.165) is 0 Å². The quantitative estimate of drug-likeness (QED) is 0.481. The van der Waals surface area contributed by atoms with E-state index in [1.165, 1.54) is 25.5 Å². The lowest BCUT2D eigenvalue weighted by atomic mass is 10.2. The number of ether oxygens (including phenoxy) is 1. The van der Waals surface area contributed by atoms with Crippen LogP contribution in [0.4, 0.5) is 11.4 Å². The van der Waals surface area contributed by atoms with Crippen molar-refractivity contribution in [1.29, 1.82) is 0 Å². The van der Waals surface area contributed by atoms with E-state index in [9.17, 15) is 15.2 Å². The number of nitrogens with zero attached hydrogens (tertiary/aromatic N) is 2. The third-order valence-electron chi connectivity index (χ3n) is 2.69. The summed E-state index contributed by atoms with van der Waals surface area (Å²) >= 11 is 3.14. The highest BCUT2D eigenvalue weighted by Gasteiger charge is 2.11. The molecule has 2 aromatic rings. The topological polar surface area (TPSA) is 87.8 Å². The van der Waals surface area contributed by atoms with Gasteiger partial charge in [-0.25, -0.2) is 0 Å². The van der Waals surface area contributed by atoms with Crippen LogP contribution in [0.1, 0.15) is 5.56 Å². The number of nitro groups is 1. The normalized spacial score (nSPS) is 10.8. The maximum Gasteiger partial charge on any atom is 0.263 e. The Morgan fingerprint density at radius 1 is 1.33 bits per heavy atom. The van der Waals surface area contributed by atoms with Gasteiger partial charge in [-0.3, -0.25) is 15.1 Å². The number of para-hydroxylation sites is 2. The average molecular weight is 350 g/mol. The van der Waals surface area contributed by atoms with Crippen molar-refractivity contribution in [1.82, 2.24) is 0 Å². The number of hydrogen-bond donors (Lipinski definition) is 0. The first kappa shape index (κ1) is 15.0. The van der Waals surface area contributed by atoms with E-state index in [1.807, 2.05) is 0 Å². The predicted octanol–water partition coefficient (Wildman–Crippen LogP) is 3.19. The van der Waals surface area contributed by atoms with Crippen molar-refractivity contribution in [3.05, 3.63) is 56.5 Å². The fourth-order valence-corrected chi connectivity index (χ4v) is 2.17. The summed E-state index contributed by atoms with van der Waals surface area (Å²) in [6.07, 6.45) is 1.29. The summed E-state index contributed by atoms with van der Waals surface area (Å²) in [6.45, 7) is 0. The standard InChI is InChI=1S/C14H11BrN2O4/c1-21-13-5-3-2-4-11(13)16-8-9-6-10(15)7-12(14(9)18)17(19)20/h2-8,18H,1H3/p-1. The molecule has 2 rings (SSSR count). The van der Waals surface area contributed by atoms with E-state index in [1.54, 1.807) is 24.3 Å². The Hall–Kier alpha value is -2.41. The number of nitro benzene ring substituents is 1. The van der Waals surface area contributed by atoms with E-state index in [-0.39, 0.29) is 5.56 Å². The van der Waals surface area contributed by atoms with Crippen molar-refractivity contribution < 1.29 is 14.8 Å². The molecule has 0 fully saturated rings. The highest BCUT2D eigenvalue weighted by atomic mass is 79.9. The molecule has 0 heterocycles. The van der Waals surface area contributed by atoms with Gasteiger partial charge in [0.2, 0.25) is 0 Å².